The molecule has 0 spiro atoms. The lowest BCUT2D eigenvalue weighted by Gasteiger charge is -2.16. The summed E-state index contributed by atoms with van der Waals surface area (Å²) in [4.78, 5) is 14.3. The summed E-state index contributed by atoms with van der Waals surface area (Å²) < 4.78 is 7.53. The van der Waals surface area contributed by atoms with Crippen molar-refractivity contribution in [3.8, 4) is 5.75 Å². The predicted molar refractivity (Wildman–Crippen MR) is 126 cm³/mol. The van der Waals surface area contributed by atoms with Gasteiger partial charge in [0, 0.05) is 23.6 Å². The summed E-state index contributed by atoms with van der Waals surface area (Å²) in [6, 6.07) is 16.4. The molecule has 1 aromatic heterocycles. The monoisotopic (exact) mass is 437 g/mol. The van der Waals surface area contributed by atoms with Crippen molar-refractivity contribution < 1.29 is 14.6 Å². The van der Waals surface area contributed by atoms with Gasteiger partial charge in [-0.15, -0.1) is 0 Å². The van der Waals surface area contributed by atoms with Crippen LogP contribution in [0, 0.1) is 13.8 Å². The average molecular weight is 438 g/mol. The zero-order chi connectivity index (χ0) is 23.1. The molecule has 170 valence electrons. The second kappa shape index (κ2) is 10.8. The standard InChI is InChI=1S/C24H31N5O3/c1-17-12-18(2)29(27-17)14-19-6-5-7-21(13-19)26-24(31)25-20-8-10-23(11-9-20)32-16-22(30)15-28(3)4/h5-13,22,30H,14-16H2,1-4H3,(H2,25,26,31). The number of aromatic nitrogens is 2. The molecule has 2 amide bonds. The second-order valence-corrected chi connectivity index (χ2v) is 8.12. The SMILES string of the molecule is Cc1cc(C)n(Cc2cccc(NC(=O)Nc3ccc(OCC(O)CN(C)C)cc3)c2)n1. The van der Waals surface area contributed by atoms with E-state index in [4.69, 9.17) is 4.74 Å². The van der Waals surface area contributed by atoms with Gasteiger partial charge in [-0.25, -0.2) is 4.79 Å². The molecule has 0 saturated carbocycles. The van der Waals surface area contributed by atoms with E-state index in [1.54, 1.807) is 24.3 Å². The third-order valence-corrected chi connectivity index (χ3v) is 4.75. The quantitative estimate of drug-likeness (QED) is 0.477. The van der Waals surface area contributed by atoms with E-state index in [9.17, 15) is 9.90 Å². The highest BCUT2D eigenvalue weighted by Gasteiger charge is 2.08. The second-order valence-electron chi connectivity index (χ2n) is 8.12. The van der Waals surface area contributed by atoms with Crippen LogP contribution >= 0.6 is 0 Å². The minimum atomic E-state index is -0.564. The van der Waals surface area contributed by atoms with Crippen LogP contribution in [0.4, 0.5) is 16.2 Å². The molecular weight excluding hydrogens is 406 g/mol. The molecule has 32 heavy (non-hydrogen) atoms. The van der Waals surface area contributed by atoms with Crippen LogP contribution in [0.3, 0.4) is 0 Å². The van der Waals surface area contributed by atoms with Crippen molar-refractivity contribution in [2.45, 2.75) is 26.5 Å². The Morgan fingerprint density at radius 2 is 1.81 bits per heavy atom. The Hall–Kier alpha value is -3.36. The number of hydrogen-bond donors (Lipinski definition) is 3. The van der Waals surface area contributed by atoms with Crippen LogP contribution in [0.2, 0.25) is 0 Å². The first-order valence-electron chi connectivity index (χ1n) is 10.5. The predicted octanol–water partition coefficient (Wildman–Crippen LogP) is 3.49. The number of carbonyl (C=O) groups is 1. The Bertz CT molecular complexity index is 1030. The number of carbonyl (C=O) groups excluding carboxylic acids is 1. The summed E-state index contributed by atoms with van der Waals surface area (Å²) in [6.07, 6.45) is -0.564. The van der Waals surface area contributed by atoms with Gasteiger partial charge in [0.25, 0.3) is 0 Å². The lowest BCUT2D eigenvalue weighted by Crippen LogP contribution is -2.30. The molecule has 0 saturated heterocycles. The first-order chi connectivity index (χ1) is 15.3. The van der Waals surface area contributed by atoms with E-state index in [0.29, 0.717) is 30.2 Å². The van der Waals surface area contributed by atoms with Gasteiger partial charge in [-0.05, 0) is 76.0 Å². The number of aliphatic hydroxyl groups excluding tert-OH is 1. The Morgan fingerprint density at radius 3 is 2.47 bits per heavy atom. The summed E-state index contributed by atoms with van der Waals surface area (Å²) in [7, 11) is 3.79. The number of anilines is 2. The first kappa shape index (κ1) is 23.3. The fraction of sp³-hybridized carbons (Fsp3) is 0.333. The van der Waals surface area contributed by atoms with Crippen molar-refractivity contribution in [1.29, 1.82) is 0 Å². The number of nitrogens with one attached hydrogen (secondary N) is 2. The molecule has 0 aliphatic carbocycles. The van der Waals surface area contributed by atoms with Crippen LogP contribution in [0.5, 0.6) is 5.75 Å². The number of aryl methyl sites for hydroxylation is 2. The third-order valence-electron chi connectivity index (χ3n) is 4.75. The van der Waals surface area contributed by atoms with Crippen LogP contribution in [0.25, 0.3) is 0 Å². The Balaban J connectivity index is 1.51. The fourth-order valence-electron chi connectivity index (χ4n) is 3.35. The summed E-state index contributed by atoms with van der Waals surface area (Å²) in [6.45, 7) is 5.37. The maximum Gasteiger partial charge on any atom is 0.323 e. The van der Waals surface area contributed by atoms with Crippen LogP contribution in [-0.4, -0.2) is 59.2 Å². The molecule has 0 fully saturated rings. The van der Waals surface area contributed by atoms with E-state index in [-0.39, 0.29) is 12.6 Å². The zero-order valence-corrected chi connectivity index (χ0v) is 19.0. The van der Waals surface area contributed by atoms with E-state index in [0.717, 1.165) is 17.0 Å². The molecule has 0 radical (unpaired) electrons. The van der Waals surface area contributed by atoms with Gasteiger partial charge in [-0.2, -0.15) is 5.10 Å². The van der Waals surface area contributed by atoms with Crippen molar-refractivity contribution in [1.82, 2.24) is 14.7 Å². The number of amides is 2. The molecule has 2 aromatic carbocycles. The lowest BCUT2D eigenvalue weighted by atomic mass is 10.2. The molecule has 1 heterocycles. The largest absolute Gasteiger partial charge is 0.491 e. The molecule has 3 aromatic rings. The summed E-state index contributed by atoms with van der Waals surface area (Å²) in [5.41, 5.74) is 4.47. The van der Waals surface area contributed by atoms with Crippen molar-refractivity contribution in [3.05, 3.63) is 71.5 Å². The van der Waals surface area contributed by atoms with E-state index in [1.807, 2.05) is 67.9 Å². The number of nitrogens with zero attached hydrogens (tertiary/aromatic N) is 3. The molecule has 8 heteroatoms. The van der Waals surface area contributed by atoms with Gasteiger partial charge in [0.15, 0.2) is 0 Å². The summed E-state index contributed by atoms with van der Waals surface area (Å²) in [5.74, 6) is 0.630. The number of rotatable bonds is 9. The van der Waals surface area contributed by atoms with Crippen LogP contribution in [-0.2, 0) is 6.54 Å². The van der Waals surface area contributed by atoms with Crippen molar-refractivity contribution >= 4 is 17.4 Å². The molecule has 1 atom stereocenters. The highest BCUT2D eigenvalue weighted by molar-refractivity contribution is 5.99. The van der Waals surface area contributed by atoms with E-state index >= 15 is 0 Å². The van der Waals surface area contributed by atoms with Crippen LogP contribution in [0.15, 0.2) is 54.6 Å². The normalized spacial score (nSPS) is 11.9. The average Bonchev–Trinajstić information content (AvgIpc) is 3.04. The smallest absolute Gasteiger partial charge is 0.323 e. The first-order valence-corrected chi connectivity index (χ1v) is 10.5. The number of aliphatic hydroxyl groups is 1. The van der Waals surface area contributed by atoms with Crippen LogP contribution in [0.1, 0.15) is 17.0 Å². The molecule has 0 bridgehead atoms. The Morgan fingerprint density at radius 1 is 1.09 bits per heavy atom. The molecule has 1 unspecified atom stereocenters. The van der Waals surface area contributed by atoms with Crippen molar-refractivity contribution in [2.24, 2.45) is 0 Å². The van der Waals surface area contributed by atoms with Gasteiger partial charge in [0.2, 0.25) is 0 Å². The summed E-state index contributed by atoms with van der Waals surface area (Å²) in [5, 5.41) is 20.0. The number of urea groups is 1. The molecule has 8 nitrogen and oxygen atoms in total. The number of likely N-dealkylation sites (N-methyl/N-ethyl adjacent to an activating group) is 1. The van der Waals surface area contributed by atoms with Crippen LogP contribution < -0.4 is 15.4 Å². The van der Waals surface area contributed by atoms with Crippen molar-refractivity contribution in [3.63, 3.8) is 0 Å². The molecule has 0 aliphatic heterocycles. The van der Waals surface area contributed by atoms with Gasteiger partial charge in [-0.1, -0.05) is 12.1 Å². The number of benzene rings is 2. The van der Waals surface area contributed by atoms with E-state index in [1.165, 1.54) is 0 Å². The fourth-order valence-corrected chi connectivity index (χ4v) is 3.35. The highest BCUT2D eigenvalue weighted by atomic mass is 16.5. The maximum atomic E-state index is 12.4. The number of hydrogen-bond acceptors (Lipinski definition) is 5. The van der Waals surface area contributed by atoms with Gasteiger partial charge in [0.05, 0.1) is 12.2 Å². The van der Waals surface area contributed by atoms with Gasteiger partial charge in [-0.3, -0.25) is 4.68 Å². The lowest BCUT2D eigenvalue weighted by molar-refractivity contribution is 0.0831. The minimum Gasteiger partial charge on any atom is -0.491 e. The molecular formula is C24H31N5O3. The molecule has 3 rings (SSSR count). The Labute approximate surface area is 188 Å². The molecule has 3 N–H and O–H groups in total. The zero-order valence-electron chi connectivity index (χ0n) is 19.0. The van der Waals surface area contributed by atoms with E-state index < -0.39 is 6.10 Å². The maximum absolute atomic E-state index is 12.4. The Kier molecular flexibility index (Phi) is 7.86. The van der Waals surface area contributed by atoms with Crippen molar-refractivity contribution in [2.75, 3.05) is 37.9 Å². The third kappa shape index (κ3) is 7.11. The molecule has 0 aliphatic rings. The number of ether oxygens (including phenoxy) is 1. The topological polar surface area (TPSA) is 91.7 Å². The van der Waals surface area contributed by atoms with Gasteiger partial charge in [0.1, 0.15) is 18.5 Å². The minimum absolute atomic E-state index is 0.208. The summed E-state index contributed by atoms with van der Waals surface area (Å²) >= 11 is 0. The highest BCUT2D eigenvalue weighted by Crippen LogP contribution is 2.17. The van der Waals surface area contributed by atoms with Gasteiger partial charge < -0.3 is 25.4 Å². The van der Waals surface area contributed by atoms with Gasteiger partial charge >= 0.3 is 6.03 Å². The van der Waals surface area contributed by atoms with E-state index in [2.05, 4.69) is 15.7 Å².